The zero-order chi connectivity index (χ0) is 28.2. The maximum absolute atomic E-state index is 9.58. The van der Waals surface area contributed by atoms with E-state index in [1.54, 1.807) is 0 Å². The van der Waals surface area contributed by atoms with E-state index in [4.69, 9.17) is 9.72 Å². The van der Waals surface area contributed by atoms with Gasteiger partial charge in [-0.05, 0) is 79.4 Å². The van der Waals surface area contributed by atoms with Crippen molar-refractivity contribution >= 4 is 27.5 Å². The summed E-state index contributed by atoms with van der Waals surface area (Å²) in [7, 11) is 2.11. The molecule has 0 N–H and O–H groups in total. The number of benzene rings is 3. The summed E-state index contributed by atoms with van der Waals surface area (Å²) in [6.07, 6.45) is 1.87. The van der Waals surface area contributed by atoms with Crippen LogP contribution < -0.4 is 9.64 Å². The molecule has 40 heavy (non-hydrogen) atoms. The molecule has 1 aliphatic heterocycles. The van der Waals surface area contributed by atoms with Crippen LogP contribution in [0.2, 0.25) is 0 Å². The number of hydrogen-bond donors (Lipinski definition) is 0. The van der Waals surface area contributed by atoms with Gasteiger partial charge < -0.3 is 14.5 Å². The van der Waals surface area contributed by atoms with Crippen LogP contribution in [0.3, 0.4) is 0 Å². The van der Waals surface area contributed by atoms with Gasteiger partial charge in [0.1, 0.15) is 17.3 Å². The van der Waals surface area contributed by atoms with E-state index in [9.17, 15) is 5.26 Å². The Balaban J connectivity index is 1.46. The van der Waals surface area contributed by atoms with Gasteiger partial charge in [-0.2, -0.15) is 5.26 Å². The second kappa shape index (κ2) is 9.46. The molecule has 0 spiro atoms. The molecule has 0 radical (unpaired) electrons. The van der Waals surface area contributed by atoms with Gasteiger partial charge in [-0.3, -0.25) is 4.57 Å². The Labute approximate surface area is 235 Å². The zero-order valence-electron chi connectivity index (χ0n) is 23.9. The third kappa shape index (κ3) is 4.34. The molecule has 0 amide bonds. The van der Waals surface area contributed by atoms with Gasteiger partial charge in [-0.25, -0.2) is 4.98 Å². The van der Waals surface area contributed by atoms with E-state index in [2.05, 4.69) is 98.5 Å². The first-order valence-electron chi connectivity index (χ1n) is 13.5. The molecule has 3 heterocycles. The van der Waals surface area contributed by atoms with Crippen molar-refractivity contribution in [3.05, 3.63) is 102 Å². The Kier molecular flexibility index (Phi) is 6.03. The minimum atomic E-state index is -0.0139. The van der Waals surface area contributed by atoms with Gasteiger partial charge in [0, 0.05) is 53.2 Å². The lowest BCUT2D eigenvalue weighted by Crippen LogP contribution is -2.24. The monoisotopic (exact) mass is 527 g/mol. The molecule has 0 unspecified atom stereocenters. The summed E-state index contributed by atoms with van der Waals surface area (Å²) in [5.41, 5.74) is 7.42. The zero-order valence-corrected chi connectivity index (χ0v) is 23.9. The van der Waals surface area contributed by atoms with Crippen LogP contribution in [0.1, 0.15) is 45.7 Å². The Morgan fingerprint density at radius 2 is 1.65 bits per heavy atom. The van der Waals surface area contributed by atoms with Gasteiger partial charge in [0.05, 0.1) is 29.3 Å². The second-order valence-electron chi connectivity index (χ2n) is 11.5. The minimum Gasteiger partial charge on any atom is -0.457 e. The molecule has 5 aromatic rings. The maximum Gasteiger partial charge on any atom is 0.137 e. The fourth-order valence-corrected chi connectivity index (χ4v) is 5.41. The molecule has 200 valence electrons. The van der Waals surface area contributed by atoms with Crippen molar-refractivity contribution in [3.8, 4) is 23.4 Å². The van der Waals surface area contributed by atoms with Crippen LogP contribution in [0.5, 0.6) is 11.5 Å². The van der Waals surface area contributed by atoms with Crippen molar-refractivity contribution in [1.82, 2.24) is 14.5 Å². The van der Waals surface area contributed by atoms with E-state index in [-0.39, 0.29) is 5.41 Å². The number of ether oxygens (including phenoxy) is 1. The van der Waals surface area contributed by atoms with Gasteiger partial charge in [0.2, 0.25) is 0 Å². The average Bonchev–Trinajstić information content (AvgIpc) is 3.40. The molecule has 0 fully saturated rings. The fraction of sp³-hybridized carbons (Fsp3) is 0.235. The number of fused-ring (bicyclic) bond motifs is 3. The van der Waals surface area contributed by atoms with E-state index in [1.165, 1.54) is 17.0 Å². The van der Waals surface area contributed by atoms with Crippen LogP contribution in [-0.4, -0.2) is 28.2 Å². The molecule has 6 rings (SSSR count). The van der Waals surface area contributed by atoms with Crippen molar-refractivity contribution in [3.63, 3.8) is 0 Å². The molecule has 0 saturated carbocycles. The molecular formula is C34H33N5O. The normalized spacial score (nSPS) is 13.9. The summed E-state index contributed by atoms with van der Waals surface area (Å²) in [5, 5.41) is 11.6. The van der Waals surface area contributed by atoms with Crippen LogP contribution in [0.4, 0.5) is 5.69 Å². The number of anilines is 1. The standard InChI is InChI=1S/C34H33N5O/c1-22-23(2)38(21-37(22)6)26-8-7-9-27(18-26)40-28-11-12-29-30-16-24(20-35)10-13-31(30)39(32(29)19-28)33-17-25(14-15-36-33)34(3,4)5/h7-19H,21H2,1-6H3. The van der Waals surface area contributed by atoms with E-state index in [0.29, 0.717) is 5.56 Å². The first kappa shape index (κ1) is 25.5. The number of aromatic nitrogens is 2. The van der Waals surface area contributed by atoms with Crippen LogP contribution in [0, 0.1) is 11.3 Å². The van der Waals surface area contributed by atoms with Gasteiger partial charge in [0.25, 0.3) is 0 Å². The molecule has 6 nitrogen and oxygen atoms in total. The third-order valence-electron chi connectivity index (χ3n) is 7.93. The fourth-order valence-electron chi connectivity index (χ4n) is 5.41. The highest BCUT2D eigenvalue weighted by Crippen LogP contribution is 2.37. The first-order chi connectivity index (χ1) is 19.1. The molecule has 0 saturated heterocycles. The largest absolute Gasteiger partial charge is 0.457 e. The van der Waals surface area contributed by atoms with Crippen LogP contribution in [-0.2, 0) is 5.41 Å². The summed E-state index contributed by atoms with van der Waals surface area (Å²) in [5.74, 6) is 2.36. The Bertz CT molecular complexity index is 1850. The maximum atomic E-state index is 9.58. The number of allylic oxidation sites excluding steroid dienone is 2. The molecule has 0 atom stereocenters. The highest BCUT2D eigenvalue weighted by molar-refractivity contribution is 6.09. The topological polar surface area (TPSA) is 57.3 Å². The predicted molar refractivity (Wildman–Crippen MR) is 162 cm³/mol. The van der Waals surface area contributed by atoms with Crippen LogP contribution >= 0.6 is 0 Å². The van der Waals surface area contributed by atoms with E-state index in [0.717, 1.165) is 51.5 Å². The molecule has 6 heteroatoms. The minimum absolute atomic E-state index is 0.0139. The summed E-state index contributed by atoms with van der Waals surface area (Å²) < 4.78 is 8.61. The van der Waals surface area contributed by atoms with Gasteiger partial charge in [0.15, 0.2) is 0 Å². The van der Waals surface area contributed by atoms with Crippen molar-refractivity contribution in [2.45, 2.75) is 40.0 Å². The lowest BCUT2D eigenvalue weighted by molar-refractivity contribution is 0.459. The molecular weight excluding hydrogens is 494 g/mol. The van der Waals surface area contributed by atoms with Crippen molar-refractivity contribution in [2.24, 2.45) is 0 Å². The third-order valence-corrected chi connectivity index (χ3v) is 7.93. The Morgan fingerprint density at radius 1 is 0.850 bits per heavy atom. The molecule has 1 aliphatic rings. The molecule has 0 aliphatic carbocycles. The lowest BCUT2D eigenvalue weighted by atomic mass is 9.88. The number of rotatable bonds is 4. The summed E-state index contributed by atoms with van der Waals surface area (Å²) in [4.78, 5) is 9.31. The summed E-state index contributed by atoms with van der Waals surface area (Å²) in [6.45, 7) is 11.7. The lowest BCUT2D eigenvalue weighted by Gasteiger charge is -2.21. The van der Waals surface area contributed by atoms with Gasteiger partial charge >= 0.3 is 0 Å². The van der Waals surface area contributed by atoms with Crippen molar-refractivity contribution < 1.29 is 4.74 Å². The van der Waals surface area contributed by atoms with Gasteiger partial charge in [-0.15, -0.1) is 0 Å². The quantitative estimate of drug-likeness (QED) is 0.236. The number of hydrogen-bond acceptors (Lipinski definition) is 5. The van der Waals surface area contributed by atoms with E-state index >= 15 is 0 Å². The van der Waals surface area contributed by atoms with E-state index in [1.807, 2.05) is 42.6 Å². The smallest absolute Gasteiger partial charge is 0.137 e. The second-order valence-corrected chi connectivity index (χ2v) is 11.5. The number of nitrogens with zero attached hydrogens (tertiary/aromatic N) is 5. The Hall–Kier alpha value is -4.76. The van der Waals surface area contributed by atoms with Crippen LogP contribution in [0.15, 0.2) is 90.4 Å². The number of pyridine rings is 1. The van der Waals surface area contributed by atoms with Crippen molar-refractivity contribution in [2.75, 3.05) is 18.6 Å². The van der Waals surface area contributed by atoms with E-state index < -0.39 is 0 Å². The highest BCUT2D eigenvalue weighted by Gasteiger charge is 2.22. The predicted octanol–water partition coefficient (Wildman–Crippen LogP) is 8.10. The SMILES string of the molecule is CC1=C(C)N(c2cccc(Oc3ccc4c5cc(C#N)ccc5n(-c5cc(C(C)(C)C)ccn5)c4c3)c2)CN1C. The first-order valence-corrected chi connectivity index (χ1v) is 13.5. The van der Waals surface area contributed by atoms with Gasteiger partial charge in [-0.1, -0.05) is 26.8 Å². The Morgan fingerprint density at radius 3 is 2.38 bits per heavy atom. The molecule has 3 aromatic carbocycles. The summed E-state index contributed by atoms with van der Waals surface area (Å²) >= 11 is 0. The summed E-state index contributed by atoms with van der Waals surface area (Å²) in [6, 6.07) is 26.7. The van der Waals surface area contributed by atoms with Crippen LogP contribution in [0.25, 0.3) is 27.6 Å². The molecule has 2 aromatic heterocycles. The molecule has 0 bridgehead atoms. The number of nitriles is 1. The highest BCUT2D eigenvalue weighted by atomic mass is 16.5. The van der Waals surface area contributed by atoms with Crippen molar-refractivity contribution in [1.29, 1.82) is 5.26 Å². The average molecular weight is 528 g/mol.